The fourth-order valence-corrected chi connectivity index (χ4v) is 3.09. The number of halogens is 2. The summed E-state index contributed by atoms with van der Waals surface area (Å²) in [6.07, 6.45) is -3.33. The van der Waals surface area contributed by atoms with Gasteiger partial charge in [0.25, 0.3) is 0 Å². The summed E-state index contributed by atoms with van der Waals surface area (Å²) in [5, 5.41) is 24.8. The molecule has 9 nitrogen and oxygen atoms in total. The number of aliphatic hydroxyl groups is 1. The van der Waals surface area contributed by atoms with Crippen molar-refractivity contribution < 1.29 is 33.9 Å². The highest BCUT2D eigenvalue weighted by molar-refractivity contribution is 6.51. The number of carboxylic acids is 1. The van der Waals surface area contributed by atoms with Crippen LogP contribution in [0.4, 0.5) is 5.69 Å². The molecule has 0 radical (unpaired) electrons. The SMILES string of the molecule is CC(C)C[C@H](NC(=O)CNc1cc(Cl)ccc1Cl)B1OC(=O)[C@@H]([C@@H](O)C(=O)O)O1. The molecule has 1 aromatic rings. The first-order valence-electron chi connectivity index (χ1n) is 8.83. The lowest BCUT2D eigenvalue weighted by molar-refractivity contribution is -0.157. The molecule has 2 rings (SSSR count). The molecule has 0 saturated carbocycles. The highest BCUT2D eigenvalue weighted by Crippen LogP contribution is 2.25. The van der Waals surface area contributed by atoms with Gasteiger partial charge in [0.05, 0.1) is 23.2 Å². The highest BCUT2D eigenvalue weighted by atomic mass is 35.5. The Morgan fingerprint density at radius 3 is 2.62 bits per heavy atom. The maximum Gasteiger partial charge on any atom is 0.552 e. The van der Waals surface area contributed by atoms with Crippen molar-refractivity contribution in [3.8, 4) is 0 Å². The fourth-order valence-electron chi connectivity index (χ4n) is 2.73. The normalized spacial score (nSPS) is 18.3. The van der Waals surface area contributed by atoms with Crippen molar-refractivity contribution in [2.45, 2.75) is 38.4 Å². The molecule has 3 atom stereocenters. The van der Waals surface area contributed by atoms with Crippen LogP contribution in [0.5, 0.6) is 0 Å². The van der Waals surface area contributed by atoms with Crippen LogP contribution in [0.2, 0.25) is 10.0 Å². The molecule has 12 heteroatoms. The van der Waals surface area contributed by atoms with E-state index in [-0.39, 0.29) is 12.5 Å². The lowest BCUT2D eigenvalue weighted by atomic mass is 9.74. The third kappa shape index (κ3) is 6.50. The monoisotopic (exact) mass is 446 g/mol. The third-order valence-electron chi connectivity index (χ3n) is 4.05. The number of carbonyl (C=O) groups is 3. The van der Waals surface area contributed by atoms with E-state index in [2.05, 4.69) is 10.6 Å². The number of carbonyl (C=O) groups excluding carboxylic acids is 2. The molecule has 1 heterocycles. The van der Waals surface area contributed by atoms with Gasteiger partial charge in [-0.2, -0.15) is 0 Å². The molecule has 0 aromatic heterocycles. The number of amides is 1. The molecular formula is C17H21BCl2N2O7. The summed E-state index contributed by atoms with van der Waals surface area (Å²) in [4.78, 5) is 35.1. The molecule has 4 N–H and O–H groups in total. The van der Waals surface area contributed by atoms with E-state index in [0.717, 1.165) is 0 Å². The van der Waals surface area contributed by atoms with E-state index >= 15 is 0 Å². The molecule has 1 amide bonds. The van der Waals surface area contributed by atoms with Crippen LogP contribution in [0.3, 0.4) is 0 Å². The minimum absolute atomic E-state index is 0.0985. The van der Waals surface area contributed by atoms with E-state index in [9.17, 15) is 19.5 Å². The Kier molecular flexibility index (Phi) is 8.15. The van der Waals surface area contributed by atoms with E-state index in [1.54, 1.807) is 18.2 Å². The van der Waals surface area contributed by atoms with Gasteiger partial charge in [-0.25, -0.2) is 4.79 Å². The van der Waals surface area contributed by atoms with Gasteiger partial charge >= 0.3 is 19.1 Å². The van der Waals surface area contributed by atoms with Crippen molar-refractivity contribution in [3.63, 3.8) is 0 Å². The van der Waals surface area contributed by atoms with Crippen LogP contribution in [0.15, 0.2) is 18.2 Å². The third-order valence-corrected chi connectivity index (χ3v) is 4.62. The second-order valence-electron chi connectivity index (χ2n) is 6.93. The zero-order valence-corrected chi connectivity index (χ0v) is 17.2. The summed E-state index contributed by atoms with van der Waals surface area (Å²) in [6.45, 7) is 3.64. The molecule has 1 saturated heterocycles. The summed E-state index contributed by atoms with van der Waals surface area (Å²) in [7, 11) is -1.22. The van der Waals surface area contributed by atoms with Gasteiger partial charge in [-0.05, 0) is 30.5 Å². The fraction of sp³-hybridized carbons (Fsp3) is 0.471. The number of benzene rings is 1. The largest absolute Gasteiger partial charge is 0.552 e. The van der Waals surface area contributed by atoms with Crippen LogP contribution in [-0.4, -0.2) is 59.9 Å². The highest BCUT2D eigenvalue weighted by Gasteiger charge is 2.50. The van der Waals surface area contributed by atoms with Crippen molar-refractivity contribution in [1.29, 1.82) is 0 Å². The Labute approximate surface area is 177 Å². The van der Waals surface area contributed by atoms with Gasteiger partial charge in [0, 0.05) is 5.02 Å². The first kappa shape index (κ1) is 23.3. The summed E-state index contributed by atoms with van der Waals surface area (Å²) in [5.41, 5.74) is 0.475. The van der Waals surface area contributed by atoms with Gasteiger partial charge < -0.3 is 30.2 Å². The standard InChI is InChI=1S/C17H21BCl2N2O7/c1-8(2)5-12(18-28-15(17(27)29-18)14(24)16(25)26)22-13(23)7-21-11-6-9(19)3-4-10(11)20/h3-4,6,8,12,14-15,21,24H,5,7H2,1-2H3,(H,22,23)(H,25,26)/t12-,14+,15+/m0/s1. The molecule has 1 fully saturated rings. The van der Waals surface area contributed by atoms with Crippen molar-refractivity contribution in [2.24, 2.45) is 5.92 Å². The van der Waals surface area contributed by atoms with Gasteiger partial charge in [-0.3, -0.25) is 9.59 Å². The molecule has 1 aromatic carbocycles. The second kappa shape index (κ2) is 10.2. The van der Waals surface area contributed by atoms with Crippen LogP contribution in [0, 0.1) is 5.92 Å². The number of rotatable bonds is 9. The summed E-state index contributed by atoms with van der Waals surface area (Å²) < 4.78 is 10.3. The van der Waals surface area contributed by atoms with E-state index in [0.29, 0.717) is 22.2 Å². The van der Waals surface area contributed by atoms with Crippen molar-refractivity contribution in [3.05, 3.63) is 28.2 Å². The maximum absolute atomic E-state index is 12.4. The molecule has 0 spiro atoms. The molecule has 158 valence electrons. The maximum atomic E-state index is 12.4. The average Bonchev–Trinajstić information content (AvgIpc) is 3.02. The molecule has 29 heavy (non-hydrogen) atoms. The number of nitrogens with one attached hydrogen (secondary N) is 2. The molecule has 0 aliphatic carbocycles. The number of aliphatic hydroxyl groups excluding tert-OH is 1. The van der Waals surface area contributed by atoms with Gasteiger partial charge in [0.1, 0.15) is 0 Å². The van der Waals surface area contributed by atoms with E-state index in [4.69, 9.17) is 37.6 Å². The molecule has 1 aliphatic rings. The Morgan fingerprint density at radius 2 is 2.00 bits per heavy atom. The number of anilines is 1. The van der Waals surface area contributed by atoms with Gasteiger partial charge in [0.15, 0.2) is 12.2 Å². The summed E-state index contributed by atoms with van der Waals surface area (Å²) >= 11 is 12.0. The summed E-state index contributed by atoms with van der Waals surface area (Å²) in [6, 6.07) is 4.77. The van der Waals surface area contributed by atoms with Crippen LogP contribution < -0.4 is 10.6 Å². The quantitative estimate of drug-likeness (QED) is 0.417. The minimum atomic E-state index is -2.06. The second-order valence-corrected chi connectivity index (χ2v) is 7.77. The number of aliphatic carboxylic acids is 1. The van der Waals surface area contributed by atoms with E-state index in [1.807, 2.05) is 13.8 Å². The van der Waals surface area contributed by atoms with Gasteiger partial charge in [-0.15, -0.1) is 0 Å². The van der Waals surface area contributed by atoms with Crippen LogP contribution in [-0.2, 0) is 23.7 Å². The summed E-state index contributed by atoms with van der Waals surface area (Å²) in [5.74, 6) is -3.69. The van der Waals surface area contributed by atoms with Crippen LogP contribution in [0.25, 0.3) is 0 Å². The average molecular weight is 447 g/mol. The van der Waals surface area contributed by atoms with Gasteiger partial charge in [-0.1, -0.05) is 37.0 Å². The lowest BCUT2D eigenvalue weighted by Gasteiger charge is -2.22. The number of hydrogen-bond donors (Lipinski definition) is 4. The Balaban J connectivity index is 2.01. The Morgan fingerprint density at radius 1 is 1.31 bits per heavy atom. The topological polar surface area (TPSA) is 134 Å². The molecule has 0 bridgehead atoms. The molecule has 1 aliphatic heterocycles. The predicted molar refractivity (Wildman–Crippen MR) is 107 cm³/mol. The zero-order valence-electron chi connectivity index (χ0n) is 15.7. The van der Waals surface area contributed by atoms with Gasteiger partial charge in [0.2, 0.25) is 5.91 Å². The number of carboxylic acid groups (broad SMARTS) is 1. The molecular weight excluding hydrogens is 426 g/mol. The molecule has 0 unspecified atom stereocenters. The number of hydrogen-bond acceptors (Lipinski definition) is 7. The lowest BCUT2D eigenvalue weighted by Crippen LogP contribution is -2.50. The van der Waals surface area contributed by atoms with Crippen LogP contribution >= 0.6 is 23.2 Å². The Bertz CT molecular complexity index is 780. The first-order valence-corrected chi connectivity index (χ1v) is 9.59. The van der Waals surface area contributed by atoms with E-state index in [1.165, 1.54) is 0 Å². The van der Waals surface area contributed by atoms with Crippen molar-refractivity contribution in [2.75, 3.05) is 11.9 Å². The van der Waals surface area contributed by atoms with Crippen LogP contribution in [0.1, 0.15) is 20.3 Å². The van der Waals surface area contributed by atoms with Crippen molar-refractivity contribution >= 4 is 53.9 Å². The van der Waals surface area contributed by atoms with Crippen molar-refractivity contribution in [1.82, 2.24) is 5.32 Å². The first-order chi connectivity index (χ1) is 13.6. The minimum Gasteiger partial charge on any atom is -0.506 e. The van der Waals surface area contributed by atoms with E-state index < -0.39 is 43.1 Å². The smallest absolute Gasteiger partial charge is 0.506 e. The Hall–Kier alpha value is -2.01. The predicted octanol–water partition coefficient (Wildman–Crippen LogP) is 1.35. The zero-order chi connectivity index (χ0) is 21.7.